The summed E-state index contributed by atoms with van der Waals surface area (Å²) in [4.78, 5) is 22.8. The third-order valence-corrected chi connectivity index (χ3v) is 6.56. The second kappa shape index (κ2) is 15.4. The minimum absolute atomic E-state index is 0.0223. The van der Waals surface area contributed by atoms with Crippen LogP contribution in [0.25, 0.3) is 0 Å². The number of anilines is 1. The van der Waals surface area contributed by atoms with E-state index >= 15 is 0 Å². The lowest BCUT2D eigenvalue weighted by Crippen LogP contribution is -2.34. The SMILES string of the molecule is CCC(C)CC(c1cccc(Oc2cnccn2)c1)N(C(C)=O)c1ccc(Cl)cc1.CCCSC. The van der Waals surface area contributed by atoms with Crippen molar-refractivity contribution in [3.8, 4) is 11.6 Å². The maximum absolute atomic E-state index is 12.7. The molecule has 0 spiro atoms. The van der Waals surface area contributed by atoms with Gasteiger partial charge in [-0.2, -0.15) is 11.8 Å². The van der Waals surface area contributed by atoms with E-state index in [1.165, 1.54) is 12.2 Å². The molecule has 0 fully saturated rings. The molecule has 1 heterocycles. The van der Waals surface area contributed by atoms with Crippen molar-refractivity contribution in [1.82, 2.24) is 9.97 Å². The molecule has 0 N–H and O–H groups in total. The lowest BCUT2D eigenvalue weighted by molar-refractivity contribution is -0.117. The highest BCUT2D eigenvalue weighted by molar-refractivity contribution is 7.98. The second-order valence-corrected chi connectivity index (χ2v) is 9.76. The molecule has 0 aliphatic heterocycles. The van der Waals surface area contributed by atoms with Gasteiger partial charge in [0.05, 0.1) is 12.2 Å². The number of benzene rings is 2. The van der Waals surface area contributed by atoms with Gasteiger partial charge in [-0.05, 0) is 72.7 Å². The van der Waals surface area contributed by atoms with Crippen LogP contribution in [0.15, 0.2) is 67.1 Å². The molecule has 2 atom stereocenters. The quantitative estimate of drug-likeness (QED) is 0.273. The van der Waals surface area contributed by atoms with Crippen LogP contribution in [-0.2, 0) is 4.79 Å². The highest BCUT2D eigenvalue weighted by Crippen LogP contribution is 2.35. The van der Waals surface area contributed by atoms with Gasteiger partial charge < -0.3 is 9.64 Å². The Balaban J connectivity index is 0.000000784. The monoisotopic (exact) mass is 513 g/mol. The van der Waals surface area contributed by atoms with Crippen LogP contribution in [0.5, 0.6) is 11.6 Å². The Morgan fingerprint density at radius 3 is 2.43 bits per heavy atom. The number of nitrogens with zero attached hydrogens (tertiary/aromatic N) is 3. The molecule has 35 heavy (non-hydrogen) atoms. The molecule has 5 nitrogen and oxygen atoms in total. The van der Waals surface area contributed by atoms with Crippen molar-refractivity contribution in [1.29, 1.82) is 0 Å². The third-order valence-electron chi connectivity index (χ3n) is 5.49. The van der Waals surface area contributed by atoms with Crippen LogP contribution in [0.1, 0.15) is 58.6 Å². The predicted octanol–water partition coefficient (Wildman–Crippen LogP) is 8.21. The molecule has 2 unspecified atom stereocenters. The number of carbonyl (C=O) groups is 1. The molecule has 3 aromatic rings. The smallest absolute Gasteiger partial charge is 0.237 e. The molecule has 0 aliphatic carbocycles. The molecule has 1 aromatic heterocycles. The summed E-state index contributed by atoms with van der Waals surface area (Å²) in [6.07, 6.45) is 10.0. The number of thioether (sulfide) groups is 1. The van der Waals surface area contributed by atoms with Gasteiger partial charge in [0.15, 0.2) is 0 Å². The van der Waals surface area contributed by atoms with E-state index in [1.807, 2.05) is 53.1 Å². The van der Waals surface area contributed by atoms with Crippen molar-refractivity contribution < 1.29 is 9.53 Å². The second-order valence-electron chi connectivity index (χ2n) is 8.34. The van der Waals surface area contributed by atoms with Gasteiger partial charge >= 0.3 is 0 Å². The van der Waals surface area contributed by atoms with Gasteiger partial charge in [0.1, 0.15) is 5.75 Å². The fourth-order valence-electron chi connectivity index (χ4n) is 3.57. The van der Waals surface area contributed by atoms with E-state index in [1.54, 1.807) is 37.6 Å². The van der Waals surface area contributed by atoms with Crippen LogP contribution in [0.3, 0.4) is 0 Å². The van der Waals surface area contributed by atoms with Gasteiger partial charge in [-0.1, -0.05) is 50.9 Å². The first-order chi connectivity index (χ1) is 16.9. The number of halogens is 1. The van der Waals surface area contributed by atoms with Crippen molar-refractivity contribution in [2.24, 2.45) is 5.92 Å². The third kappa shape index (κ3) is 9.54. The Labute approximate surface area is 219 Å². The Hall–Kier alpha value is -2.57. The van der Waals surface area contributed by atoms with E-state index in [2.05, 4.69) is 37.0 Å². The lowest BCUT2D eigenvalue weighted by Gasteiger charge is -2.33. The summed E-state index contributed by atoms with van der Waals surface area (Å²) in [5.74, 6) is 2.80. The lowest BCUT2D eigenvalue weighted by atomic mass is 9.92. The number of hydrogen-bond donors (Lipinski definition) is 0. The summed E-state index contributed by atoms with van der Waals surface area (Å²) in [5.41, 5.74) is 1.82. The maximum atomic E-state index is 12.7. The highest BCUT2D eigenvalue weighted by Gasteiger charge is 2.26. The molecule has 0 bridgehead atoms. The van der Waals surface area contributed by atoms with Gasteiger partial charge in [0.2, 0.25) is 11.8 Å². The van der Waals surface area contributed by atoms with E-state index in [9.17, 15) is 4.79 Å². The van der Waals surface area contributed by atoms with E-state index in [0.29, 0.717) is 22.6 Å². The zero-order valence-corrected chi connectivity index (χ0v) is 22.9. The van der Waals surface area contributed by atoms with Crippen molar-refractivity contribution >= 4 is 35.0 Å². The highest BCUT2D eigenvalue weighted by atomic mass is 35.5. The van der Waals surface area contributed by atoms with Gasteiger partial charge in [-0.3, -0.25) is 9.78 Å². The maximum Gasteiger partial charge on any atom is 0.237 e. The summed E-state index contributed by atoms with van der Waals surface area (Å²) in [5, 5.41) is 0.639. The first-order valence-electron chi connectivity index (χ1n) is 12.0. The van der Waals surface area contributed by atoms with Crippen LogP contribution in [0.2, 0.25) is 5.02 Å². The average molecular weight is 514 g/mol. The van der Waals surface area contributed by atoms with Crippen molar-refractivity contribution in [2.45, 2.75) is 53.0 Å². The molecule has 0 radical (unpaired) electrons. The summed E-state index contributed by atoms with van der Waals surface area (Å²) >= 11 is 7.97. The molecular formula is C28H36ClN3O2S. The summed E-state index contributed by atoms with van der Waals surface area (Å²) < 4.78 is 5.87. The van der Waals surface area contributed by atoms with Crippen LogP contribution in [0.4, 0.5) is 5.69 Å². The Kier molecular flexibility index (Phi) is 12.6. The zero-order valence-electron chi connectivity index (χ0n) is 21.3. The van der Waals surface area contributed by atoms with Gasteiger partial charge in [0.25, 0.3) is 0 Å². The summed E-state index contributed by atoms with van der Waals surface area (Å²) in [7, 11) is 0. The van der Waals surface area contributed by atoms with Gasteiger partial charge in [0, 0.05) is 30.0 Å². The Morgan fingerprint density at radius 1 is 1.14 bits per heavy atom. The number of amides is 1. The standard InChI is InChI=1S/C24H26ClN3O2.C4H10S/c1-4-17(2)14-23(28(18(3)29)21-10-8-20(25)9-11-21)19-6-5-7-22(15-19)30-24-16-26-12-13-27-24;1-3-4-5-2/h5-13,15-17,23H,4,14H2,1-3H3;3-4H2,1-2H3. The Morgan fingerprint density at radius 2 is 1.89 bits per heavy atom. The molecular weight excluding hydrogens is 478 g/mol. The first kappa shape index (κ1) is 28.7. The van der Waals surface area contributed by atoms with Crippen molar-refractivity contribution in [2.75, 3.05) is 16.9 Å². The number of hydrogen-bond acceptors (Lipinski definition) is 5. The molecule has 2 aromatic carbocycles. The van der Waals surface area contributed by atoms with E-state index in [0.717, 1.165) is 24.1 Å². The minimum Gasteiger partial charge on any atom is -0.437 e. The average Bonchev–Trinajstić information content (AvgIpc) is 2.86. The van der Waals surface area contributed by atoms with Crippen LogP contribution in [-0.4, -0.2) is 27.9 Å². The van der Waals surface area contributed by atoms with Crippen molar-refractivity contribution in [3.05, 3.63) is 77.7 Å². The fourth-order valence-corrected chi connectivity index (χ4v) is 4.10. The number of aromatic nitrogens is 2. The van der Waals surface area contributed by atoms with E-state index in [4.69, 9.17) is 16.3 Å². The zero-order chi connectivity index (χ0) is 25.6. The van der Waals surface area contributed by atoms with Crippen LogP contribution < -0.4 is 9.64 Å². The summed E-state index contributed by atoms with van der Waals surface area (Å²) in [6.45, 7) is 8.15. The van der Waals surface area contributed by atoms with Crippen LogP contribution >= 0.6 is 23.4 Å². The van der Waals surface area contributed by atoms with E-state index in [-0.39, 0.29) is 11.9 Å². The molecule has 1 amide bonds. The molecule has 0 saturated carbocycles. The molecule has 0 saturated heterocycles. The van der Waals surface area contributed by atoms with Crippen LogP contribution in [0, 0.1) is 5.92 Å². The number of rotatable bonds is 10. The normalized spacial score (nSPS) is 12.2. The first-order valence-corrected chi connectivity index (χ1v) is 13.7. The minimum atomic E-state index is -0.135. The Bertz CT molecular complexity index is 1020. The number of ether oxygens (including phenoxy) is 1. The largest absolute Gasteiger partial charge is 0.437 e. The van der Waals surface area contributed by atoms with E-state index < -0.39 is 0 Å². The fraction of sp³-hybridized carbons (Fsp3) is 0.393. The topological polar surface area (TPSA) is 55.3 Å². The van der Waals surface area contributed by atoms with Crippen molar-refractivity contribution in [3.63, 3.8) is 0 Å². The molecule has 3 rings (SSSR count). The van der Waals surface area contributed by atoms with Gasteiger partial charge in [-0.15, -0.1) is 0 Å². The molecule has 188 valence electrons. The predicted molar refractivity (Wildman–Crippen MR) is 149 cm³/mol. The van der Waals surface area contributed by atoms with Gasteiger partial charge in [-0.25, -0.2) is 4.98 Å². The molecule has 0 aliphatic rings. The molecule has 7 heteroatoms. The number of carbonyl (C=O) groups excluding carboxylic acids is 1. The summed E-state index contributed by atoms with van der Waals surface area (Å²) in [6, 6.07) is 15.0.